The van der Waals surface area contributed by atoms with Gasteiger partial charge in [0, 0.05) is 30.0 Å². The third kappa shape index (κ3) is 1.85. The van der Waals surface area contributed by atoms with Crippen molar-refractivity contribution in [1.82, 2.24) is 9.47 Å². The zero-order chi connectivity index (χ0) is 16.3. The van der Waals surface area contributed by atoms with Crippen molar-refractivity contribution < 1.29 is 4.79 Å². The van der Waals surface area contributed by atoms with Crippen molar-refractivity contribution >= 4 is 22.4 Å². The molecule has 3 nitrogen and oxygen atoms in total. The Bertz CT molecular complexity index is 860. The number of benzene rings is 1. The number of allylic oxidation sites excluding steroid dienone is 1. The van der Waals surface area contributed by atoms with Crippen LogP contribution >= 0.6 is 0 Å². The summed E-state index contributed by atoms with van der Waals surface area (Å²) in [5.41, 5.74) is 5.09. The second-order valence-corrected chi connectivity index (χ2v) is 7.48. The SMILES string of the molecule is CCCC(=O)C1=CC2CCCN3CCc4c(n1c1ccccc41)C23. The maximum atomic E-state index is 12.9. The molecule has 0 saturated carbocycles. The Labute approximate surface area is 142 Å². The van der Waals surface area contributed by atoms with Gasteiger partial charge >= 0.3 is 0 Å². The van der Waals surface area contributed by atoms with E-state index in [9.17, 15) is 4.79 Å². The fourth-order valence-electron chi connectivity index (χ4n) is 5.16. The van der Waals surface area contributed by atoms with Gasteiger partial charge in [-0.15, -0.1) is 0 Å². The minimum Gasteiger partial charge on any atom is -0.309 e. The summed E-state index contributed by atoms with van der Waals surface area (Å²) < 4.78 is 2.32. The van der Waals surface area contributed by atoms with Crippen LogP contribution in [0.4, 0.5) is 0 Å². The number of aromatic nitrogens is 1. The molecule has 1 aromatic carbocycles. The highest BCUT2D eigenvalue weighted by Gasteiger charge is 2.42. The molecule has 0 amide bonds. The molecule has 4 heterocycles. The van der Waals surface area contributed by atoms with Gasteiger partial charge in [0.25, 0.3) is 0 Å². The second-order valence-electron chi connectivity index (χ2n) is 7.48. The van der Waals surface area contributed by atoms with Gasteiger partial charge in [0.15, 0.2) is 5.78 Å². The molecule has 124 valence electrons. The number of hydrogen-bond acceptors (Lipinski definition) is 2. The lowest BCUT2D eigenvalue weighted by Gasteiger charge is -2.46. The molecule has 0 spiro atoms. The standard InChI is InChI=1S/C21H24N2O/c1-2-6-19(24)18-13-14-7-5-11-22-12-10-16-15-8-3-4-9-17(15)23(18)21(16)20(14)22/h3-4,8-9,13-14,20H,2,5-7,10-12H2,1H3. The molecule has 1 fully saturated rings. The molecule has 0 radical (unpaired) electrons. The van der Waals surface area contributed by atoms with E-state index in [4.69, 9.17) is 0 Å². The van der Waals surface area contributed by atoms with Crippen LogP contribution in [0.25, 0.3) is 16.6 Å². The molecule has 1 saturated heterocycles. The summed E-state index contributed by atoms with van der Waals surface area (Å²) in [5, 5.41) is 1.36. The number of fused-ring (bicyclic) bond motifs is 3. The number of carbonyl (C=O) groups excluding carboxylic acids is 1. The molecule has 0 N–H and O–H groups in total. The number of hydrogen-bond donors (Lipinski definition) is 0. The molecule has 3 aliphatic heterocycles. The van der Waals surface area contributed by atoms with Gasteiger partial charge in [0.05, 0.1) is 17.3 Å². The Hall–Kier alpha value is -1.87. The van der Waals surface area contributed by atoms with Gasteiger partial charge in [0.1, 0.15) is 0 Å². The number of para-hydroxylation sites is 1. The zero-order valence-corrected chi connectivity index (χ0v) is 14.3. The molecular formula is C21H24N2O. The molecule has 3 aliphatic rings. The Morgan fingerprint density at radius 2 is 2.12 bits per heavy atom. The average Bonchev–Trinajstić information content (AvgIpc) is 2.96. The molecular weight excluding hydrogens is 296 g/mol. The first-order valence-electron chi connectivity index (χ1n) is 9.41. The van der Waals surface area contributed by atoms with Crippen LogP contribution < -0.4 is 0 Å². The highest BCUT2D eigenvalue weighted by Crippen LogP contribution is 2.49. The Morgan fingerprint density at radius 3 is 3.00 bits per heavy atom. The molecule has 2 atom stereocenters. The van der Waals surface area contributed by atoms with E-state index < -0.39 is 0 Å². The Morgan fingerprint density at radius 1 is 1.25 bits per heavy atom. The highest BCUT2D eigenvalue weighted by atomic mass is 16.1. The van der Waals surface area contributed by atoms with Crippen LogP contribution in [0.2, 0.25) is 0 Å². The number of nitrogens with zero attached hydrogens (tertiary/aromatic N) is 2. The molecule has 3 heteroatoms. The van der Waals surface area contributed by atoms with Crippen molar-refractivity contribution in [3.63, 3.8) is 0 Å². The van der Waals surface area contributed by atoms with Crippen molar-refractivity contribution in [2.45, 2.75) is 45.1 Å². The maximum absolute atomic E-state index is 12.9. The van der Waals surface area contributed by atoms with E-state index in [1.165, 1.54) is 41.5 Å². The topological polar surface area (TPSA) is 25.2 Å². The summed E-state index contributed by atoms with van der Waals surface area (Å²) in [5.74, 6) is 0.813. The van der Waals surface area contributed by atoms with Gasteiger partial charge in [0.2, 0.25) is 0 Å². The van der Waals surface area contributed by atoms with E-state index in [-0.39, 0.29) is 0 Å². The Kier molecular flexibility index (Phi) is 3.21. The Balaban J connectivity index is 1.81. The van der Waals surface area contributed by atoms with Crippen molar-refractivity contribution in [1.29, 1.82) is 0 Å². The first-order chi connectivity index (χ1) is 11.8. The summed E-state index contributed by atoms with van der Waals surface area (Å²) in [6.07, 6.45) is 7.45. The number of ketones is 1. The molecule has 0 aliphatic carbocycles. The average molecular weight is 320 g/mol. The van der Waals surface area contributed by atoms with E-state index in [0.29, 0.717) is 24.2 Å². The van der Waals surface area contributed by atoms with Crippen LogP contribution in [-0.2, 0) is 11.2 Å². The minimum absolute atomic E-state index is 0.308. The van der Waals surface area contributed by atoms with Gasteiger partial charge in [-0.05, 0) is 43.9 Å². The van der Waals surface area contributed by atoms with E-state index in [1.807, 2.05) is 0 Å². The predicted molar refractivity (Wildman–Crippen MR) is 96.9 cm³/mol. The van der Waals surface area contributed by atoms with Gasteiger partial charge < -0.3 is 4.57 Å². The van der Waals surface area contributed by atoms with Gasteiger partial charge in [-0.3, -0.25) is 9.69 Å². The lowest BCUT2D eigenvalue weighted by atomic mass is 9.80. The number of Topliss-reactive ketones (excluding diaryl/α,β-unsaturated/α-hetero) is 1. The van der Waals surface area contributed by atoms with Gasteiger partial charge in [-0.25, -0.2) is 0 Å². The summed E-state index contributed by atoms with van der Waals surface area (Å²) in [7, 11) is 0. The summed E-state index contributed by atoms with van der Waals surface area (Å²) in [6.45, 7) is 4.46. The van der Waals surface area contributed by atoms with E-state index in [1.54, 1.807) is 0 Å². The smallest absolute Gasteiger partial charge is 0.179 e. The third-order valence-electron chi connectivity index (χ3n) is 6.11. The zero-order valence-electron chi connectivity index (χ0n) is 14.3. The minimum atomic E-state index is 0.308. The lowest BCUT2D eigenvalue weighted by Crippen LogP contribution is -2.45. The second kappa shape index (κ2) is 5.32. The first kappa shape index (κ1) is 14.5. The lowest BCUT2D eigenvalue weighted by molar-refractivity contribution is -0.114. The summed E-state index contributed by atoms with van der Waals surface area (Å²) in [4.78, 5) is 15.5. The van der Waals surface area contributed by atoms with Gasteiger partial charge in [-0.2, -0.15) is 0 Å². The van der Waals surface area contributed by atoms with Crippen molar-refractivity contribution in [3.05, 3.63) is 41.6 Å². The highest BCUT2D eigenvalue weighted by molar-refractivity contribution is 6.17. The van der Waals surface area contributed by atoms with E-state index in [2.05, 4.69) is 46.7 Å². The predicted octanol–water partition coefficient (Wildman–Crippen LogP) is 4.17. The number of carbonyl (C=O) groups is 1. The molecule has 2 unspecified atom stereocenters. The normalized spacial score (nSPS) is 25.5. The van der Waals surface area contributed by atoms with E-state index in [0.717, 1.165) is 25.1 Å². The molecule has 24 heavy (non-hydrogen) atoms. The van der Waals surface area contributed by atoms with Crippen LogP contribution in [0.3, 0.4) is 0 Å². The van der Waals surface area contributed by atoms with Crippen molar-refractivity contribution in [2.75, 3.05) is 13.1 Å². The van der Waals surface area contributed by atoms with Gasteiger partial charge in [-0.1, -0.05) is 31.2 Å². The third-order valence-corrected chi connectivity index (χ3v) is 6.11. The number of piperidine rings is 1. The van der Waals surface area contributed by atoms with Crippen LogP contribution in [0.1, 0.15) is 49.9 Å². The van der Waals surface area contributed by atoms with Crippen LogP contribution in [0, 0.1) is 5.92 Å². The van der Waals surface area contributed by atoms with Crippen LogP contribution in [0.15, 0.2) is 30.3 Å². The molecule has 2 aromatic rings. The largest absolute Gasteiger partial charge is 0.309 e. The van der Waals surface area contributed by atoms with E-state index >= 15 is 0 Å². The summed E-state index contributed by atoms with van der Waals surface area (Å²) >= 11 is 0. The van der Waals surface area contributed by atoms with Crippen molar-refractivity contribution in [3.8, 4) is 0 Å². The van der Waals surface area contributed by atoms with Crippen LogP contribution in [-0.4, -0.2) is 28.3 Å². The summed E-state index contributed by atoms with van der Waals surface area (Å²) in [6, 6.07) is 9.14. The first-order valence-corrected chi connectivity index (χ1v) is 9.41. The quantitative estimate of drug-likeness (QED) is 0.848. The molecule has 1 aromatic heterocycles. The fourth-order valence-corrected chi connectivity index (χ4v) is 5.16. The van der Waals surface area contributed by atoms with Crippen molar-refractivity contribution in [2.24, 2.45) is 5.92 Å². The van der Waals surface area contributed by atoms with Crippen LogP contribution in [0.5, 0.6) is 0 Å². The fraction of sp³-hybridized carbons (Fsp3) is 0.476. The molecule has 5 rings (SSSR count). The number of rotatable bonds is 3. The monoisotopic (exact) mass is 320 g/mol. The maximum Gasteiger partial charge on any atom is 0.179 e. The molecule has 0 bridgehead atoms.